The number of H-pyrrole nitrogens is 2. The van der Waals surface area contributed by atoms with Crippen LogP contribution in [-0.4, -0.2) is 52.4 Å². The number of nitrogens with zero attached hydrogens (tertiary/aromatic N) is 1. The van der Waals surface area contributed by atoms with Gasteiger partial charge in [0.2, 0.25) is 0 Å². The lowest BCUT2D eigenvalue weighted by atomic mass is 10.2. The fourth-order valence-electron chi connectivity index (χ4n) is 2.52. The molecule has 0 spiro atoms. The Kier molecular flexibility index (Phi) is 5.10. The maximum Gasteiger partial charge on any atom is 0.325 e. The molecule has 9 heteroatoms. The normalized spacial score (nSPS) is 18.1. The van der Waals surface area contributed by atoms with Gasteiger partial charge in [0.1, 0.15) is 5.69 Å². The van der Waals surface area contributed by atoms with Gasteiger partial charge in [-0.3, -0.25) is 24.3 Å². The first kappa shape index (κ1) is 16.0. The summed E-state index contributed by atoms with van der Waals surface area (Å²) in [7, 11) is 0. The fraction of sp³-hybridized carbons (Fsp3) is 0.538. The van der Waals surface area contributed by atoms with Gasteiger partial charge >= 0.3 is 17.5 Å². The second-order valence-electron chi connectivity index (χ2n) is 5.07. The van der Waals surface area contributed by atoms with Crippen LogP contribution in [-0.2, 0) is 9.59 Å². The summed E-state index contributed by atoms with van der Waals surface area (Å²) >= 11 is 0. The number of hydrogen-bond donors (Lipinski definition) is 4. The van der Waals surface area contributed by atoms with E-state index >= 15 is 0 Å². The van der Waals surface area contributed by atoms with Gasteiger partial charge in [0, 0.05) is 18.8 Å². The highest BCUT2D eigenvalue weighted by Gasteiger charge is 2.24. The average Bonchev–Trinajstić information content (AvgIpc) is 2.95. The van der Waals surface area contributed by atoms with E-state index in [9.17, 15) is 19.2 Å². The number of rotatable bonds is 4. The first-order chi connectivity index (χ1) is 10.5. The van der Waals surface area contributed by atoms with Crippen LogP contribution < -0.4 is 21.9 Å². The maximum atomic E-state index is 11.8. The van der Waals surface area contributed by atoms with Gasteiger partial charge in [0.15, 0.2) is 0 Å². The molecule has 1 unspecified atom stereocenters. The van der Waals surface area contributed by atoms with Crippen LogP contribution in [0.15, 0.2) is 15.8 Å². The van der Waals surface area contributed by atoms with E-state index in [1.54, 1.807) is 0 Å². The van der Waals surface area contributed by atoms with Crippen molar-refractivity contribution in [2.45, 2.75) is 25.8 Å². The minimum absolute atomic E-state index is 0.184. The van der Waals surface area contributed by atoms with E-state index in [-0.39, 0.29) is 11.7 Å². The largest absolute Gasteiger partial charge is 0.346 e. The van der Waals surface area contributed by atoms with E-state index in [0.717, 1.165) is 32.1 Å². The van der Waals surface area contributed by atoms with Crippen molar-refractivity contribution in [3.63, 3.8) is 0 Å². The molecule has 2 amide bonds. The van der Waals surface area contributed by atoms with Crippen molar-refractivity contribution in [1.29, 1.82) is 0 Å². The molecule has 1 aliphatic rings. The molecule has 0 radical (unpaired) electrons. The molecule has 22 heavy (non-hydrogen) atoms. The van der Waals surface area contributed by atoms with Crippen LogP contribution in [0.25, 0.3) is 0 Å². The summed E-state index contributed by atoms with van der Waals surface area (Å²) in [4.78, 5) is 52.2. The highest BCUT2D eigenvalue weighted by molar-refractivity contribution is 6.39. The Morgan fingerprint density at radius 3 is 2.82 bits per heavy atom. The number of amides is 2. The van der Waals surface area contributed by atoms with Crippen LogP contribution in [0, 0.1) is 0 Å². The summed E-state index contributed by atoms with van der Waals surface area (Å²) in [6, 6.07) is 0.234. The summed E-state index contributed by atoms with van der Waals surface area (Å²) in [5.74, 6) is -1.76. The minimum atomic E-state index is -0.946. The molecule has 120 valence electrons. The standard InChI is InChI=1S/C13H19N5O4/c1-2-18-5-3-4-8(18)6-14-11(20)12(21)16-9-7-15-13(22)17-10(9)19/h7-8H,2-6H2,1H3,(H,14,20)(H,16,21)(H2,15,17,19,22). The van der Waals surface area contributed by atoms with Crippen molar-refractivity contribution < 1.29 is 9.59 Å². The van der Waals surface area contributed by atoms with Gasteiger partial charge in [-0.15, -0.1) is 0 Å². The van der Waals surface area contributed by atoms with E-state index in [0.29, 0.717) is 6.54 Å². The average molecular weight is 309 g/mol. The van der Waals surface area contributed by atoms with Crippen molar-refractivity contribution in [1.82, 2.24) is 20.2 Å². The van der Waals surface area contributed by atoms with Crippen molar-refractivity contribution in [3.8, 4) is 0 Å². The smallest absolute Gasteiger partial charge is 0.325 e. The number of likely N-dealkylation sites (tertiary alicyclic amines) is 1. The van der Waals surface area contributed by atoms with Gasteiger partial charge in [-0.25, -0.2) is 4.79 Å². The lowest BCUT2D eigenvalue weighted by molar-refractivity contribution is -0.136. The third-order valence-corrected chi connectivity index (χ3v) is 3.68. The summed E-state index contributed by atoms with van der Waals surface area (Å²) in [6.07, 6.45) is 3.10. The molecule has 1 atom stereocenters. The Morgan fingerprint density at radius 2 is 2.14 bits per heavy atom. The molecule has 4 N–H and O–H groups in total. The molecule has 9 nitrogen and oxygen atoms in total. The summed E-state index contributed by atoms with van der Waals surface area (Å²) in [5.41, 5.74) is -1.64. The fourth-order valence-corrected chi connectivity index (χ4v) is 2.52. The lowest BCUT2D eigenvalue weighted by Gasteiger charge is -2.22. The molecule has 0 saturated carbocycles. The molecular formula is C13H19N5O4. The number of nitrogens with one attached hydrogen (secondary N) is 4. The van der Waals surface area contributed by atoms with Gasteiger partial charge in [0.25, 0.3) is 5.56 Å². The summed E-state index contributed by atoms with van der Waals surface area (Å²) < 4.78 is 0. The molecule has 1 aliphatic heterocycles. The van der Waals surface area contributed by atoms with Crippen LogP contribution in [0.1, 0.15) is 19.8 Å². The van der Waals surface area contributed by atoms with Crippen LogP contribution in [0.2, 0.25) is 0 Å². The number of aromatic nitrogens is 2. The highest BCUT2D eigenvalue weighted by Crippen LogP contribution is 2.15. The van der Waals surface area contributed by atoms with E-state index in [1.807, 2.05) is 4.98 Å². The molecule has 0 aliphatic carbocycles. The number of anilines is 1. The Bertz CT molecular complexity index is 665. The number of aromatic amines is 2. The first-order valence-electron chi connectivity index (χ1n) is 7.16. The zero-order valence-electron chi connectivity index (χ0n) is 12.3. The first-order valence-corrected chi connectivity index (χ1v) is 7.16. The maximum absolute atomic E-state index is 11.8. The quantitative estimate of drug-likeness (QED) is 0.509. The van der Waals surface area contributed by atoms with Crippen molar-refractivity contribution in [2.24, 2.45) is 0 Å². The molecule has 1 fully saturated rings. The second-order valence-corrected chi connectivity index (χ2v) is 5.07. The Labute approximate surface area is 126 Å². The van der Waals surface area contributed by atoms with Gasteiger partial charge in [0.05, 0.1) is 0 Å². The van der Waals surface area contributed by atoms with E-state index < -0.39 is 23.1 Å². The van der Waals surface area contributed by atoms with Crippen LogP contribution in [0.3, 0.4) is 0 Å². The Hall–Kier alpha value is -2.42. The van der Waals surface area contributed by atoms with E-state index in [4.69, 9.17) is 0 Å². The zero-order valence-corrected chi connectivity index (χ0v) is 12.3. The number of carbonyl (C=O) groups excluding carboxylic acids is 2. The highest BCUT2D eigenvalue weighted by atomic mass is 16.2. The molecular weight excluding hydrogens is 290 g/mol. The molecule has 2 rings (SSSR count). The second kappa shape index (κ2) is 7.03. The molecule has 2 heterocycles. The van der Waals surface area contributed by atoms with Crippen LogP contribution in [0.5, 0.6) is 0 Å². The monoisotopic (exact) mass is 309 g/mol. The Balaban J connectivity index is 1.88. The third-order valence-electron chi connectivity index (χ3n) is 3.68. The van der Waals surface area contributed by atoms with E-state index in [1.165, 1.54) is 0 Å². The zero-order chi connectivity index (χ0) is 16.1. The van der Waals surface area contributed by atoms with Gasteiger partial charge in [-0.1, -0.05) is 6.92 Å². The summed E-state index contributed by atoms with van der Waals surface area (Å²) in [6.45, 7) is 4.34. The van der Waals surface area contributed by atoms with Crippen LogP contribution in [0.4, 0.5) is 5.69 Å². The third kappa shape index (κ3) is 3.82. The molecule has 0 bridgehead atoms. The predicted molar refractivity (Wildman–Crippen MR) is 79.6 cm³/mol. The molecule has 0 aromatic carbocycles. The number of carbonyl (C=O) groups is 2. The van der Waals surface area contributed by atoms with Crippen LogP contribution >= 0.6 is 0 Å². The van der Waals surface area contributed by atoms with E-state index in [2.05, 4.69) is 27.4 Å². The number of likely N-dealkylation sites (N-methyl/N-ethyl adjacent to an activating group) is 1. The van der Waals surface area contributed by atoms with Crippen molar-refractivity contribution >= 4 is 17.5 Å². The topological polar surface area (TPSA) is 127 Å². The molecule has 1 saturated heterocycles. The minimum Gasteiger partial charge on any atom is -0.346 e. The SMILES string of the molecule is CCN1CCCC1CNC(=O)C(=O)Nc1c[nH]c(=O)[nH]c1=O. The van der Waals surface area contributed by atoms with Gasteiger partial charge in [-0.05, 0) is 25.9 Å². The Morgan fingerprint density at radius 1 is 1.36 bits per heavy atom. The lowest BCUT2D eigenvalue weighted by Crippen LogP contribution is -2.44. The van der Waals surface area contributed by atoms with Gasteiger partial charge in [-0.2, -0.15) is 0 Å². The summed E-state index contributed by atoms with van der Waals surface area (Å²) in [5, 5.41) is 4.72. The number of hydrogen-bond acceptors (Lipinski definition) is 5. The molecule has 1 aromatic heterocycles. The van der Waals surface area contributed by atoms with Gasteiger partial charge < -0.3 is 15.6 Å². The van der Waals surface area contributed by atoms with Crippen molar-refractivity contribution in [2.75, 3.05) is 25.0 Å². The van der Waals surface area contributed by atoms with Crippen molar-refractivity contribution in [3.05, 3.63) is 27.0 Å². The molecule has 1 aromatic rings. The predicted octanol–water partition coefficient (Wildman–Crippen LogP) is -1.40.